The lowest BCUT2D eigenvalue weighted by molar-refractivity contribution is -0.123. The van der Waals surface area contributed by atoms with Crippen LogP contribution in [-0.2, 0) is 14.6 Å². The molecule has 1 saturated carbocycles. The van der Waals surface area contributed by atoms with Crippen LogP contribution in [0.3, 0.4) is 0 Å². The Morgan fingerprint density at radius 1 is 1.47 bits per heavy atom. The highest BCUT2D eigenvalue weighted by Crippen LogP contribution is 2.35. The van der Waals surface area contributed by atoms with Crippen molar-refractivity contribution in [3.8, 4) is 0 Å². The quantitative estimate of drug-likeness (QED) is 0.785. The second-order valence-electron chi connectivity index (χ2n) is 6.49. The molecule has 19 heavy (non-hydrogen) atoms. The van der Waals surface area contributed by atoms with Gasteiger partial charge in [-0.25, -0.2) is 8.42 Å². The Morgan fingerprint density at radius 3 is 2.63 bits per heavy atom. The molecule has 0 aromatic heterocycles. The zero-order chi connectivity index (χ0) is 14.7. The molecule has 2 atom stereocenters. The Morgan fingerprint density at radius 2 is 2.11 bits per heavy atom. The number of carbonyl (C=O) groups excluding carboxylic acids is 1. The van der Waals surface area contributed by atoms with E-state index in [-0.39, 0.29) is 29.5 Å². The predicted octanol–water partition coefficient (Wildman–Crippen LogP) is 0.833. The third-order valence-electron chi connectivity index (χ3n) is 3.69. The molecule has 0 aromatic rings. The molecule has 1 amide bonds. The van der Waals surface area contributed by atoms with Gasteiger partial charge in [0.2, 0.25) is 5.91 Å². The van der Waals surface area contributed by atoms with Crippen molar-refractivity contribution in [1.82, 2.24) is 5.32 Å². The topological polar surface area (TPSA) is 89.3 Å². The smallest absolute Gasteiger partial charge is 0.237 e. The van der Waals surface area contributed by atoms with Gasteiger partial charge in [-0.1, -0.05) is 20.3 Å². The molecule has 0 radical (unpaired) electrons. The van der Waals surface area contributed by atoms with Crippen LogP contribution in [0.1, 0.15) is 46.0 Å². The molecule has 6 heteroatoms. The van der Waals surface area contributed by atoms with Crippen molar-refractivity contribution in [3.05, 3.63) is 0 Å². The second-order valence-corrected chi connectivity index (χ2v) is 8.75. The zero-order valence-corrected chi connectivity index (χ0v) is 12.9. The van der Waals surface area contributed by atoms with E-state index in [1.165, 1.54) is 6.42 Å². The maximum absolute atomic E-state index is 11.9. The summed E-state index contributed by atoms with van der Waals surface area (Å²) < 4.78 is 22.1. The summed E-state index contributed by atoms with van der Waals surface area (Å²) in [6, 6.07) is -0.569. The maximum Gasteiger partial charge on any atom is 0.237 e. The van der Waals surface area contributed by atoms with Crippen molar-refractivity contribution >= 4 is 15.7 Å². The summed E-state index contributed by atoms with van der Waals surface area (Å²) in [4.78, 5) is 11.9. The largest absolute Gasteiger partial charge is 0.352 e. The summed E-state index contributed by atoms with van der Waals surface area (Å²) in [6.45, 7) is 4.41. The van der Waals surface area contributed by atoms with Crippen molar-refractivity contribution < 1.29 is 13.2 Å². The SMILES string of the molecule is CC1(C)CCCC(NC(=O)C(N)CCS(C)(=O)=O)C1. The van der Waals surface area contributed by atoms with E-state index in [1.807, 2.05) is 0 Å². The fraction of sp³-hybridized carbons (Fsp3) is 0.923. The van der Waals surface area contributed by atoms with Gasteiger partial charge in [-0.3, -0.25) is 4.79 Å². The van der Waals surface area contributed by atoms with Crippen LogP contribution >= 0.6 is 0 Å². The van der Waals surface area contributed by atoms with Crippen molar-refractivity contribution in [2.45, 2.75) is 58.0 Å². The fourth-order valence-corrected chi connectivity index (χ4v) is 3.28. The lowest BCUT2D eigenvalue weighted by Gasteiger charge is -2.35. The Balaban J connectivity index is 2.41. The van der Waals surface area contributed by atoms with Crippen LogP contribution < -0.4 is 11.1 Å². The minimum absolute atomic E-state index is 0.0439. The number of nitrogens with one attached hydrogen (secondary N) is 1. The summed E-state index contributed by atoms with van der Waals surface area (Å²) >= 11 is 0. The molecule has 2 unspecified atom stereocenters. The summed E-state index contributed by atoms with van der Waals surface area (Å²) in [5, 5.41) is 2.95. The van der Waals surface area contributed by atoms with Crippen LogP contribution in [0.25, 0.3) is 0 Å². The van der Waals surface area contributed by atoms with E-state index < -0.39 is 15.9 Å². The van der Waals surface area contributed by atoms with E-state index in [2.05, 4.69) is 19.2 Å². The van der Waals surface area contributed by atoms with E-state index in [0.717, 1.165) is 25.5 Å². The van der Waals surface area contributed by atoms with E-state index >= 15 is 0 Å². The molecule has 112 valence electrons. The Hall–Kier alpha value is -0.620. The molecule has 1 aliphatic carbocycles. The molecule has 0 spiro atoms. The van der Waals surface area contributed by atoms with E-state index in [1.54, 1.807) is 0 Å². The number of hydrogen-bond acceptors (Lipinski definition) is 4. The molecular weight excluding hydrogens is 264 g/mol. The Bertz CT molecular complexity index is 418. The molecule has 3 N–H and O–H groups in total. The normalized spacial score (nSPS) is 24.7. The molecule has 0 aliphatic heterocycles. The standard InChI is InChI=1S/C13H26N2O3S/c1-13(2)7-4-5-10(9-13)15-12(16)11(14)6-8-19(3,17)18/h10-11H,4-9,14H2,1-3H3,(H,15,16). The van der Waals surface area contributed by atoms with Crippen LogP contribution in [0.2, 0.25) is 0 Å². The third-order valence-corrected chi connectivity index (χ3v) is 4.67. The Kier molecular flexibility index (Phi) is 5.38. The first-order valence-electron chi connectivity index (χ1n) is 6.83. The zero-order valence-electron chi connectivity index (χ0n) is 12.1. The molecule has 1 aliphatic rings. The minimum atomic E-state index is -3.06. The molecule has 5 nitrogen and oxygen atoms in total. The Labute approximate surface area is 116 Å². The molecular formula is C13H26N2O3S. The van der Waals surface area contributed by atoms with Gasteiger partial charge in [0.1, 0.15) is 9.84 Å². The maximum atomic E-state index is 11.9. The van der Waals surface area contributed by atoms with Gasteiger partial charge in [-0.05, 0) is 31.1 Å². The highest BCUT2D eigenvalue weighted by Gasteiger charge is 2.29. The van der Waals surface area contributed by atoms with Gasteiger partial charge in [0.05, 0.1) is 11.8 Å². The van der Waals surface area contributed by atoms with Gasteiger partial charge < -0.3 is 11.1 Å². The third kappa shape index (κ3) is 6.38. The van der Waals surface area contributed by atoms with Gasteiger partial charge in [0.15, 0.2) is 0 Å². The first-order chi connectivity index (χ1) is 8.59. The van der Waals surface area contributed by atoms with Crippen molar-refractivity contribution in [1.29, 1.82) is 0 Å². The highest BCUT2D eigenvalue weighted by atomic mass is 32.2. The van der Waals surface area contributed by atoms with Gasteiger partial charge in [-0.15, -0.1) is 0 Å². The minimum Gasteiger partial charge on any atom is -0.352 e. The number of carbonyl (C=O) groups is 1. The van der Waals surface area contributed by atoms with Crippen molar-refractivity contribution in [3.63, 3.8) is 0 Å². The number of amides is 1. The average Bonchev–Trinajstić information content (AvgIpc) is 2.23. The average molecular weight is 290 g/mol. The number of rotatable bonds is 5. The number of sulfone groups is 1. The van der Waals surface area contributed by atoms with Crippen molar-refractivity contribution in [2.24, 2.45) is 11.1 Å². The fourth-order valence-electron chi connectivity index (χ4n) is 2.60. The molecule has 1 fully saturated rings. The van der Waals surface area contributed by atoms with Crippen LogP contribution in [0.5, 0.6) is 0 Å². The lowest BCUT2D eigenvalue weighted by atomic mass is 9.75. The summed E-state index contributed by atoms with van der Waals surface area (Å²) in [6.07, 6.45) is 5.56. The second kappa shape index (κ2) is 6.22. The van der Waals surface area contributed by atoms with Gasteiger partial charge in [0.25, 0.3) is 0 Å². The molecule has 0 bridgehead atoms. The van der Waals surface area contributed by atoms with Crippen LogP contribution in [0.15, 0.2) is 0 Å². The highest BCUT2D eigenvalue weighted by molar-refractivity contribution is 7.90. The first-order valence-corrected chi connectivity index (χ1v) is 8.89. The van der Waals surface area contributed by atoms with Crippen LogP contribution in [0.4, 0.5) is 0 Å². The summed E-state index contributed by atoms with van der Waals surface area (Å²) in [5.74, 6) is -0.274. The van der Waals surface area contributed by atoms with Gasteiger partial charge >= 0.3 is 0 Å². The first kappa shape index (κ1) is 16.4. The van der Waals surface area contributed by atoms with Crippen molar-refractivity contribution in [2.75, 3.05) is 12.0 Å². The summed E-state index contributed by atoms with van der Waals surface area (Å²) in [5.41, 5.74) is 5.99. The monoisotopic (exact) mass is 290 g/mol. The molecule has 0 heterocycles. The molecule has 1 rings (SSSR count). The van der Waals surface area contributed by atoms with Crippen LogP contribution in [-0.4, -0.2) is 38.4 Å². The summed E-state index contributed by atoms with van der Waals surface area (Å²) in [7, 11) is -3.06. The predicted molar refractivity (Wildman–Crippen MR) is 76.5 cm³/mol. The number of nitrogens with two attached hydrogens (primary N) is 1. The van der Waals surface area contributed by atoms with Crippen LogP contribution in [0, 0.1) is 5.41 Å². The van der Waals surface area contributed by atoms with Gasteiger partial charge in [-0.2, -0.15) is 0 Å². The van der Waals surface area contributed by atoms with E-state index in [9.17, 15) is 13.2 Å². The lowest BCUT2D eigenvalue weighted by Crippen LogP contribution is -2.48. The van der Waals surface area contributed by atoms with E-state index in [4.69, 9.17) is 5.73 Å². The van der Waals surface area contributed by atoms with E-state index in [0.29, 0.717) is 0 Å². The molecule has 0 saturated heterocycles. The molecule has 0 aromatic carbocycles. The number of hydrogen-bond donors (Lipinski definition) is 2. The van der Waals surface area contributed by atoms with Gasteiger partial charge in [0, 0.05) is 12.3 Å².